The fraction of sp³-hybridized carbons (Fsp3) is 0.310. The Morgan fingerprint density at radius 3 is 2.63 bits per heavy atom. The van der Waals surface area contributed by atoms with Gasteiger partial charge in [0.25, 0.3) is 0 Å². The topological polar surface area (TPSA) is 64.6 Å². The van der Waals surface area contributed by atoms with Crippen LogP contribution in [0.2, 0.25) is 0 Å². The molecule has 0 bridgehead atoms. The van der Waals surface area contributed by atoms with Crippen molar-refractivity contribution in [2.45, 2.75) is 39.2 Å². The van der Waals surface area contributed by atoms with E-state index in [0.29, 0.717) is 11.8 Å². The first kappa shape index (κ1) is 23.1. The van der Waals surface area contributed by atoms with Crippen molar-refractivity contribution in [3.8, 4) is 17.3 Å². The monoisotopic (exact) mass is 468 g/mol. The Balaban J connectivity index is 1.33. The van der Waals surface area contributed by atoms with Gasteiger partial charge >= 0.3 is 0 Å². The van der Waals surface area contributed by atoms with Crippen LogP contribution in [-0.4, -0.2) is 33.8 Å². The lowest BCUT2D eigenvalue weighted by Crippen LogP contribution is -2.33. The van der Waals surface area contributed by atoms with Crippen LogP contribution in [0, 0.1) is 5.92 Å². The molecular weight excluding hydrogens is 436 g/mol. The summed E-state index contributed by atoms with van der Waals surface area (Å²) in [6.07, 6.45) is 4.86. The predicted molar refractivity (Wildman–Crippen MR) is 140 cm³/mol. The molecule has 6 heteroatoms. The van der Waals surface area contributed by atoms with Crippen molar-refractivity contribution in [3.05, 3.63) is 84.6 Å². The molecule has 0 saturated heterocycles. The molecule has 0 fully saturated rings. The summed E-state index contributed by atoms with van der Waals surface area (Å²) in [6.45, 7) is 6.18. The molecule has 1 N–H and O–H groups in total. The van der Waals surface area contributed by atoms with Crippen LogP contribution in [0.4, 0.5) is 0 Å². The van der Waals surface area contributed by atoms with Crippen LogP contribution in [0.1, 0.15) is 32.3 Å². The number of furan rings is 1. The maximum Gasteiger partial charge on any atom is 0.232 e. The average molecular weight is 469 g/mol. The van der Waals surface area contributed by atoms with Crippen molar-refractivity contribution in [1.82, 2.24) is 19.9 Å². The van der Waals surface area contributed by atoms with Gasteiger partial charge < -0.3 is 14.5 Å². The molecule has 1 atom stereocenters. The Kier molecular flexibility index (Phi) is 7.09. The molecule has 3 heterocycles. The molecule has 5 aromatic rings. The number of hydrogen-bond acceptors (Lipinski definition) is 5. The van der Waals surface area contributed by atoms with Crippen molar-refractivity contribution in [1.29, 1.82) is 0 Å². The van der Waals surface area contributed by atoms with Crippen molar-refractivity contribution >= 4 is 16.6 Å². The number of nitrogens with one attached hydrogen (secondary N) is 1. The van der Waals surface area contributed by atoms with Crippen LogP contribution in [0.5, 0.6) is 5.88 Å². The smallest absolute Gasteiger partial charge is 0.232 e. The molecule has 35 heavy (non-hydrogen) atoms. The van der Waals surface area contributed by atoms with E-state index < -0.39 is 0 Å². The quantitative estimate of drug-likeness (QED) is 0.252. The summed E-state index contributed by atoms with van der Waals surface area (Å²) in [7, 11) is 0. The van der Waals surface area contributed by atoms with Crippen molar-refractivity contribution in [3.63, 3.8) is 0 Å². The van der Waals surface area contributed by atoms with Gasteiger partial charge in [0.2, 0.25) is 5.88 Å². The summed E-state index contributed by atoms with van der Waals surface area (Å²) in [5.74, 6) is 1.91. The van der Waals surface area contributed by atoms with Crippen molar-refractivity contribution in [2.24, 2.45) is 5.92 Å². The average Bonchev–Trinajstić information content (AvgIpc) is 3.48. The summed E-state index contributed by atoms with van der Waals surface area (Å²) in [5.41, 5.74) is 3.76. The van der Waals surface area contributed by atoms with Crippen LogP contribution in [-0.2, 0) is 6.42 Å². The molecule has 0 saturated carbocycles. The lowest BCUT2D eigenvalue weighted by atomic mass is 10.1. The van der Waals surface area contributed by atoms with Gasteiger partial charge in [-0.25, -0.2) is 9.50 Å². The number of nitrogens with zero attached hydrogens (tertiary/aromatic N) is 3. The number of rotatable bonds is 11. The molecule has 0 aliphatic carbocycles. The molecule has 0 amide bonds. The Labute approximate surface area is 205 Å². The fourth-order valence-electron chi connectivity index (χ4n) is 4.28. The highest BCUT2D eigenvalue weighted by Gasteiger charge is 2.16. The van der Waals surface area contributed by atoms with Crippen molar-refractivity contribution in [2.75, 3.05) is 13.1 Å². The summed E-state index contributed by atoms with van der Waals surface area (Å²) in [6, 6.07) is 24.5. The van der Waals surface area contributed by atoms with Crippen LogP contribution in [0.3, 0.4) is 0 Å². The second kappa shape index (κ2) is 10.7. The van der Waals surface area contributed by atoms with Gasteiger partial charge in [0.15, 0.2) is 11.4 Å². The highest BCUT2D eigenvalue weighted by molar-refractivity contribution is 5.82. The van der Waals surface area contributed by atoms with E-state index in [0.717, 1.165) is 60.4 Å². The van der Waals surface area contributed by atoms with Gasteiger partial charge in [0.05, 0.1) is 6.20 Å². The molecule has 0 aliphatic heterocycles. The van der Waals surface area contributed by atoms with Gasteiger partial charge in [-0.2, -0.15) is 0 Å². The van der Waals surface area contributed by atoms with Crippen LogP contribution in [0.25, 0.3) is 28.1 Å². The summed E-state index contributed by atoms with van der Waals surface area (Å²) < 4.78 is 14.3. The maximum absolute atomic E-state index is 6.41. The van der Waals surface area contributed by atoms with E-state index in [1.165, 1.54) is 5.56 Å². The highest BCUT2D eigenvalue weighted by Crippen LogP contribution is 2.28. The zero-order chi connectivity index (χ0) is 24.0. The minimum absolute atomic E-state index is 0.0283. The van der Waals surface area contributed by atoms with Crippen molar-refractivity contribution < 1.29 is 9.15 Å². The summed E-state index contributed by atoms with van der Waals surface area (Å²) in [5, 5.41) is 9.38. The summed E-state index contributed by atoms with van der Waals surface area (Å²) >= 11 is 0. The number of benzene rings is 2. The maximum atomic E-state index is 6.41. The number of imidazole rings is 1. The van der Waals surface area contributed by atoms with Gasteiger partial charge in [-0.1, -0.05) is 62.4 Å². The molecule has 2 aromatic carbocycles. The normalized spacial score (nSPS) is 12.5. The Morgan fingerprint density at radius 2 is 1.80 bits per heavy atom. The minimum atomic E-state index is 0.0283. The van der Waals surface area contributed by atoms with E-state index >= 15 is 0 Å². The van der Waals surface area contributed by atoms with Crippen LogP contribution in [0.15, 0.2) is 83.4 Å². The number of fused-ring (bicyclic) bond motifs is 2. The highest BCUT2D eigenvalue weighted by atomic mass is 16.5. The Morgan fingerprint density at radius 1 is 0.971 bits per heavy atom. The molecule has 180 valence electrons. The lowest BCUT2D eigenvalue weighted by Gasteiger charge is -2.20. The van der Waals surface area contributed by atoms with E-state index in [4.69, 9.17) is 14.3 Å². The lowest BCUT2D eigenvalue weighted by molar-refractivity contribution is 0.174. The third-order valence-electron chi connectivity index (χ3n) is 6.06. The molecule has 0 aliphatic rings. The summed E-state index contributed by atoms with van der Waals surface area (Å²) in [4.78, 5) is 4.51. The third kappa shape index (κ3) is 5.72. The SMILES string of the molecule is CC(C)CNCC(CCCc1ccccc1)Oc1ccc2ncc(-c3cc4ccccc4o3)n2n1. The first-order valence-electron chi connectivity index (χ1n) is 12.4. The molecule has 1 unspecified atom stereocenters. The fourth-order valence-corrected chi connectivity index (χ4v) is 4.28. The molecule has 0 radical (unpaired) electrons. The number of para-hydroxylation sites is 1. The largest absolute Gasteiger partial charge is 0.472 e. The number of hydrogen-bond donors (Lipinski definition) is 1. The van der Waals surface area contributed by atoms with E-state index in [1.807, 2.05) is 42.5 Å². The van der Waals surface area contributed by atoms with E-state index in [9.17, 15) is 0 Å². The van der Waals surface area contributed by atoms with Gasteiger partial charge in [-0.3, -0.25) is 0 Å². The third-order valence-corrected chi connectivity index (χ3v) is 6.06. The first-order chi connectivity index (χ1) is 17.2. The number of aromatic nitrogens is 3. The number of ether oxygens (including phenoxy) is 1. The molecule has 3 aromatic heterocycles. The standard InChI is InChI=1S/C29H32N4O2/c1-21(2)18-30-19-24(13-8-11-22-9-4-3-5-10-22)34-29-16-15-28-31-20-25(33(28)32-29)27-17-23-12-6-7-14-26(23)35-27/h3-7,9-10,12,14-17,20-21,24,30H,8,11,13,18-19H2,1-2H3. The van der Waals surface area contributed by atoms with Crippen LogP contribution >= 0.6 is 0 Å². The van der Waals surface area contributed by atoms with Gasteiger partial charge in [0.1, 0.15) is 17.4 Å². The predicted octanol–water partition coefficient (Wildman–Crippen LogP) is 6.16. The molecule has 0 spiro atoms. The Hall–Kier alpha value is -3.64. The Bertz CT molecular complexity index is 1340. The van der Waals surface area contributed by atoms with E-state index in [2.05, 4.69) is 54.5 Å². The first-order valence-corrected chi connectivity index (χ1v) is 12.4. The van der Waals surface area contributed by atoms with Gasteiger partial charge in [-0.15, -0.1) is 5.10 Å². The van der Waals surface area contributed by atoms with E-state index in [1.54, 1.807) is 10.7 Å². The zero-order valence-corrected chi connectivity index (χ0v) is 20.4. The molecule has 6 nitrogen and oxygen atoms in total. The zero-order valence-electron chi connectivity index (χ0n) is 20.4. The number of aryl methyl sites for hydroxylation is 1. The van der Waals surface area contributed by atoms with Gasteiger partial charge in [0, 0.05) is 18.0 Å². The minimum Gasteiger partial charge on any atom is -0.472 e. The van der Waals surface area contributed by atoms with Gasteiger partial charge in [-0.05, 0) is 55.5 Å². The molecular formula is C29H32N4O2. The molecule has 5 rings (SSSR count). The second-order valence-corrected chi connectivity index (χ2v) is 9.40. The second-order valence-electron chi connectivity index (χ2n) is 9.40. The van der Waals surface area contributed by atoms with E-state index in [-0.39, 0.29) is 6.10 Å². The van der Waals surface area contributed by atoms with Crippen LogP contribution < -0.4 is 10.1 Å².